The van der Waals surface area contributed by atoms with Gasteiger partial charge in [-0.15, -0.1) is 0 Å². The Hall–Kier alpha value is -1.35. The highest BCUT2D eigenvalue weighted by atomic mass is 19.1. The first kappa shape index (κ1) is 11.7. The molecule has 1 aromatic carbocycles. The lowest BCUT2D eigenvalue weighted by Gasteiger charge is -2.16. The number of aryl methyl sites for hydroxylation is 1. The van der Waals surface area contributed by atoms with Gasteiger partial charge in [0, 0.05) is 29.7 Å². The fourth-order valence-electron chi connectivity index (χ4n) is 2.97. The second-order valence-electron chi connectivity index (χ2n) is 5.07. The van der Waals surface area contributed by atoms with Crippen molar-refractivity contribution >= 4 is 10.9 Å². The van der Waals surface area contributed by atoms with Crippen LogP contribution in [0.15, 0.2) is 24.3 Å². The van der Waals surface area contributed by atoms with Crippen LogP contribution in [0.25, 0.3) is 10.9 Å². The first-order valence-electron chi connectivity index (χ1n) is 6.78. The van der Waals surface area contributed by atoms with E-state index >= 15 is 0 Å². The molecule has 0 spiro atoms. The molecule has 1 aliphatic heterocycles. The van der Waals surface area contributed by atoms with Crippen molar-refractivity contribution in [3.05, 3.63) is 35.8 Å². The zero-order valence-electron chi connectivity index (χ0n) is 10.8. The summed E-state index contributed by atoms with van der Waals surface area (Å²) in [6.45, 7) is 6.47. The van der Waals surface area contributed by atoms with Crippen molar-refractivity contribution in [3.63, 3.8) is 0 Å². The van der Waals surface area contributed by atoms with Gasteiger partial charge in [-0.05, 0) is 57.1 Å². The van der Waals surface area contributed by atoms with E-state index in [2.05, 4.69) is 22.5 Å². The fraction of sp³-hybridized carbons (Fsp3) is 0.467. The lowest BCUT2D eigenvalue weighted by atomic mass is 10.2. The van der Waals surface area contributed by atoms with Crippen molar-refractivity contribution in [2.24, 2.45) is 0 Å². The Kier molecular flexibility index (Phi) is 3.08. The van der Waals surface area contributed by atoms with Gasteiger partial charge >= 0.3 is 0 Å². The molecule has 1 aromatic heterocycles. The van der Waals surface area contributed by atoms with E-state index in [9.17, 15) is 4.39 Å². The number of rotatable bonds is 3. The van der Waals surface area contributed by atoms with E-state index in [1.165, 1.54) is 31.6 Å². The fourth-order valence-corrected chi connectivity index (χ4v) is 2.97. The Bertz CT molecular complexity index is 553. The van der Waals surface area contributed by atoms with Crippen LogP contribution in [0.3, 0.4) is 0 Å². The van der Waals surface area contributed by atoms with Crippen molar-refractivity contribution in [1.29, 1.82) is 0 Å². The number of halogens is 1. The minimum Gasteiger partial charge on any atom is -0.344 e. The van der Waals surface area contributed by atoms with Crippen LogP contribution >= 0.6 is 0 Å². The molecule has 96 valence electrons. The number of aromatic nitrogens is 1. The molecule has 18 heavy (non-hydrogen) atoms. The normalized spacial score (nSPS) is 16.8. The zero-order valence-corrected chi connectivity index (χ0v) is 10.8. The Morgan fingerprint density at radius 2 is 1.94 bits per heavy atom. The second-order valence-corrected chi connectivity index (χ2v) is 5.07. The summed E-state index contributed by atoms with van der Waals surface area (Å²) < 4.78 is 15.6. The molecule has 2 heterocycles. The molecule has 1 aliphatic rings. The van der Waals surface area contributed by atoms with Crippen LogP contribution in [0.1, 0.15) is 25.5 Å². The summed E-state index contributed by atoms with van der Waals surface area (Å²) in [5, 5.41) is 1.02. The maximum absolute atomic E-state index is 13.3. The van der Waals surface area contributed by atoms with Crippen molar-refractivity contribution in [1.82, 2.24) is 9.47 Å². The predicted octanol–water partition coefficient (Wildman–Crippen LogP) is 3.40. The molecule has 2 nitrogen and oxygen atoms in total. The largest absolute Gasteiger partial charge is 0.344 e. The third kappa shape index (κ3) is 2.03. The van der Waals surface area contributed by atoms with Crippen LogP contribution in [0.5, 0.6) is 0 Å². The van der Waals surface area contributed by atoms with Crippen LogP contribution in [0.2, 0.25) is 0 Å². The monoisotopic (exact) mass is 246 g/mol. The summed E-state index contributed by atoms with van der Waals surface area (Å²) >= 11 is 0. The quantitative estimate of drug-likeness (QED) is 0.806. The molecule has 1 fully saturated rings. The predicted molar refractivity (Wildman–Crippen MR) is 72.1 cm³/mol. The lowest BCUT2D eigenvalue weighted by Crippen LogP contribution is -2.20. The van der Waals surface area contributed by atoms with Crippen molar-refractivity contribution in [2.75, 3.05) is 13.1 Å². The van der Waals surface area contributed by atoms with Gasteiger partial charge in [-0.3, -0.25) is 4.90 Å². The molecule has 0 N–H and O–H groups in total. The zero-order chi connectivity index (χ0) is 12.5. The summed E-state index contributed by atoms with van der Waals surface area (Å²) in [6.07, 6.45) is 2.61. The van der Waals surface area contributed by atoms with Gasteiger partial charge in [-0.2, -0.15) is 0 Å². The van der Waals surface area contributed by atoms with Crippen LogP contribution in [-0.4, -0.2) is 22.6 Å². The SMILES string of the molecule is CCn1c(CN2CCCC2)cc2cc(F)ccc21. The lowest BCUT2D eigenvalue weighted by molar-refractivity contribution is 0.322. The summed E-state index contributed by atoms with van der Waals surface area (Å²) in [5.74, 6) is -0.150. The number of fused-ring (bicyclic) bond motifs is 1. The molecular formula is C15H19FN2. The molecule has 3 heteroatoms. The van der Waals surface area contributed by atoms with Gasteiger partial charge in [-0.25, -0.2) is 4.39 Å². The Labute approximate surface area is 107 Å². The van der Waals surface area contributed by atoms with Gasteiger partial charge in [0.25, 0.3) is 0 Å². The maximum atomic E-state index is 13.3. The average molecular weight is 246 g/mol. The van der Waals surface area contributed by atoms with Gasteiger partial charge in [0.15, 0.2) is 0 Å². The average Bonchev–Trinajstić information content (AvgIpc) is 2.96. The third-order valence-corrected chi connectivity index (χ3v) is 3.85. The van der Waals surface area contributed by atoms with Crippen molar-refractivity contribution in [3.8, 4) is 0 Å². The van der Waals surface area contributed by atoms with Gasteiger partial charge in [0.1, 0.15) is 5.82 Å². The molecule has 0 unspecified atom stereocenters. The van der Waals surface area contributed by atoms with E-state index in [4.69, 9.17) is 0 Å². The van der Waals surface area contributed by atoms with E-state index < -0.39 is 0 Å². The highest BCUT2D eigenvalue weighted by molar-refractivity contribution is 5.81. The van der Waals surface area contributed by atoms with Gasteiger partial charge < -0.3 is 4.57 Å². The van der Waals surface area contributed by atoms with Crippen molar-refractivity contribution in [2.45, 2.75) is 32.9 Å². The summed E-state index contributed by atoms with van der Waals surface area (Å²) in [5.41, 5.74) is 2.45. The Morgan fingerprint density at radius 1 is 1.17 bits per heavy atom. The molecule has 3 rings (SSSR count). The van der Waals surface area contributed by atoms with E-state index in [0.717, 1.165) is 24.0 Å². The van der Waals surface area contributed by atoms with Crippen molar-refractivity contribution < 1.29 is 4.39 Å². The summed E-state index contributed by atoms with van der Waals surface area (Å²) in [7, 11) is 0. The maximum Gasteiger partial charge on any atom is 0.123 e. The topological polar surface area (TPSA) is 8.17 Å². The first-order chi connectivity index (χ1) is 8.78. The Morgan fingerprint density at radius 3 is 2.67 bits per heavy atom. The molecule has 2 aromatic rings. The van der Waals surface area contributed by atoms with E-state index in [1.54, 1.807) is 12.1 Å². The van der Waals surface area contributed by atoms with E-state index in [0.29, 0.717) is 0 Å². The van der Waals surface area contributed by atoms with Gasteiger partial charge in [0.2, 0.25) is 0 Å². The van der Waals surface area contributed by atoms with Crippen LogP contribution < -0.4 is 0 Å². The minimum atomic E-state index is -0.150. The van der Waals surface area contributed by atoms with Gasteiger partial charge in [-0.1, -0.05) is 0 Å². The number of likely N-dealkylation sites (tertiary alicyclic amines) is 1. The van der Waals surface area contributed by atoms with Crippen LogP contribution in [0.4, 0.5) is 4.39 Å². The number of benzene rings is 1. The number of hydrogen-bond donors (Lipinski definition) is 0. The molecule has 0 atom stereocenters. The molecule has 0 amide bonds. The van der Waals surface area contributed by atoms with E-state index in [1.807, 2.05) is 6.07 Å². The number of hydrogen-bond acceptors (Lipinski definition) is 1. The molecule has 0 saturated carbocycles. The Balaban J connectivity index is 1.99. The molecule has 0 radical (unpaired) electrons. The van der Waals surface area contributed by atoms with Crippen LogP contribution in [0, 0.1) is 5.82 Å². The summed E-state index contributed by atoms with van der Waals surface area (Å²) in [4.78, 5) is 2.48. The minimum absolute atomic E-state index is 0.150. The third-order valence-electron chi connectivity index (χ3n) is 3.85. The summed E-state index contributed by atoms with van der Waals surface area (Å²) in [6, 6.07) is 7.21. The molecule has 1 saturated heterocycles. The highest BCUT2D eigenvalue weighted by Gasteiger charge is 2.15. The van der Waals surface area contributed by atoms with Gasteiger partial charge in [0.05, 0.1) is 0 Å². The van der Waals surface area contributed by atoms with E-state index in [-0.39, 0.29) is 5.82 Å². The standard InChI is InChI=1S/C15H19FN2/c1-2-18-14(11-17-7-3-4-8-17)10-12-9-13(16)5-6-15(12)18/h5-6,9-10H,2-4,7-8,11H2,1H3. The smallest absolute Gasteiger partial charge is 0.123 e. The second kappa shape index (κ2) is 4.73. The first-order valence-corrected chi connectivity index (χ1v) is 6.78. The molecular weight excluding hydrogens is 227 g/mol. The molecule has 0 bridgehead atoms. The highest BCUT2D eigenvalue weighted by Crippen LogP contribution is 2.23. The molecule has 0 aliphatic carbocycles. The number of nitrogens with zero attached hydrogens (tertiary/aromatic N) is 2. The van der Waals surface area contributed by atoms with Crippen LogP contribution in [-0.2, 0) is 13.1 Å².